The van der Waals surface area contributed by atoms with Gasteiger partial charge in [0.2, 0.25) is 0 Å². The fourth-order valence-electron chi connectivity index (χ4n) is 1.85. The first kappa shape index (κ1) is 12.8. The van der Waals surface area contributed by atoms with E-state index >= 15 is 0 Å². The number of methoxy groups -OCH3 is 3. The number of hydrogen-bond acceptors (Lipinski definition) is 6. The molecule has 15 heavy (non-hydrogen) atoms. The van der Waals surface area contributed by atoms with Gasteiger partial charge in [0.15, 0.2) is 6.29 Å². The van der Waals surface area contributed by atoms with Gasteiger partial charge in [0.05, 0.1) is 6.61 Å². The van der Waals surface area contributed by atoms with Crippen molar-refractivity contribution in [1.29, 1.82) is 0 Å². The third-order valence-electron chi connectivity index (χ3n) is 2.61. The van der Waals surface area contributed by atoms with Crippen molar-refractivity contribution in [1.82, 2.24) is 0 Å². The molecule has 0 saturated carbocycles. The third kappa shape index (κ3) is 2.47. The highest BCUT2D eigenvalue weighted by molar-refractivity contribution is 4.91. The van der Waals surface area contributed by atoms with E-state index in [2.05, 4.69) is 0 Å². The summed E-state index contributed by atoms with van der Waals surface area (Å²) in [7, 11) is 4.44. The van der Waals surface area contributed by atoms with E-state index in [-0.39, 0.29) is 6.61 Å². The van der Waals surface area contributed by atoms with E-state index in [1.165, 1.54) is 21.3 Å². The topological polar surface area (TPSA) is 77.4 Å². The van der Waals surface area contributed by atoms with E-state index in [0.717, 1.165) is 0 Å². The van der Waals surface area contributed by atoms with Gasteiger partial charge in [-0.1, -0.05) is 0 Å². The maximum atomic E-state index is 9.59. The minimum absolute atomic E-state index is 0.244. The lowest BCUT2D eigenvalue weighted by Gasteiger charge is -2.42. The van der Waals surface area contributed by atoms with Crippen molar-refractivity contribution in [3.8, 4) is 0 Å². The summed E-state index contributed by atoms with van der Waals surface area (Å²) >= 11 is 0. The quantitative estimate of drug-likeness (QED) is 0.618. The lowest BCUT2D eigenvalue weighted by Crippen LogP contribution is -2.60. The molecule has 0 aromatic heterocycles. The Morgan fingerprint density at radius 2 is 1.53 bits per heavy atom. The smallest absolute Gasteiger partial charge is 0.184 e. The van der Waals surface area contributed by atoms with Crippen LogP contribution in [-0.2, 0) is 18.9 Å². The first-order valence-corrected chi connectivity index (χ1v) is 4.72. The summed E-state index contributed by atoms with van der Waals surface area (Å²) in [6, 6.07) is 0. The minimum atomic E-state index is -1.12. The Morgan fingerprint density at radius 1 is 1.00 bits per heavy atom. The predicted octanol–water partition coefficient (Wildman–Crippen LogP) is -1.26. The van der Waals surface area contributed by atoms with Crippen LogP contribution in [0.2, 0.25) is 0 Å². The Labute approximate surface area is 88.7 Å². The fourth-order valence-corrected chi connectivity index (χ4v) is 1.85. The van der Waals surface area contributed by atoms with E-state index in [1.54, 1.807) is 0 Å². The molecule has 0 aromatic carbocycles. The molecule has 0 unspecified atom stereocenters. The van der Waals surface area contributed by atoms with Crippen LogP contribution in [0.1, 0.15) is 0 Å². The molecular formula is C9H18O6. The van der Waals surface area contributed by atoms with E-state index < -0.39 is 30.7 Å². The van der Waals surface area contributed by atoms with Gasteiger partial charge in [-0.15, -0.1) is 0 Å². The van der Waals surface area contributed by atoms with Crippen molar-refractivity contribution in [2.75, 3.05) is 27.9 Å². The Balaban J connectivity index is 2.80. The molecule has 0 spiro atoms. The summed E-state index contributed by atoms with van der Waals surface area (Å²) in [5.41, 5.74) is 0. The molecule has 0 aliphatic carbocycles. The Morgan fingerprint density at radius 3 is 1.93 bits per heavy atom. The maximum Gasteiger partial charge on any atom is 0.184 e. The van der Waals surface area contributed by atoms with Gasteiger partial charge in [0.1, 0.15) is 24.4 Å². The Kier molecular flexibility index (Phi) is 4.91. The molecule has 2 N–H and O–H groups in total. The normalized spacial score (nSPS) is 41.8. The van der Waals surface area contributed by atoms with Crippen LogP contribution >= 0.6 is 0 Å². The average Bonchev–Trinajstić information content (AvgIpc) is 2.27. The first-order valence-electron chi connectivity index (χ1n) is 4.72. The van der Waals surface area contributed by atoms with Gasteiger partial charge in [-0.3, -0.25) is 0 Å². The highest BCUT2D eigenvalue weighted by atomic mass is 16.7. The Bertz CT molecular complexity index is 187. The second-order valence-corrected chi connectivity index (χ2v) is 3.35. The molecule has 1 saturated heterocycles. The molecule has 6 nitrogen and oxygen atoms in total. The molecule has 5 atom stereocenters. The highest BCUT2D eigenvalue weighted by Gasteiger charge is 2.46. The molecule has 6 heteroatoms. The van der Waals surface area contributed by atoms with Crippen molar-refractivity contribution >= 4 is 0 Å². The van der Waals surface area contributed by atoms with Crippen LogP contribution in [-0.4, -0.2) is 68.9 Å². The average molecular weight is 222 g/mol. The zero-order chi connectivity index (χ0) is 11.4. The molecule has 1 aliphatic heterocycles. The summed E-state index contributed by atoms with van der Waals surface area (Å²) in [6.07, 6.45) is -3.29. The highest BCUT2D eigenvalue weighted by Crippen LogP contribution is 2.25. The predicted molar refractivity (Wildman–Crippen MR) is 50.4 cm³/mol. The van der Waals surface area contributed by atoms with Crippen molar-refractivity contribution < 1.29 is 29.2 Å². The standard InChI is InChI=1S/C9H18O6/c1-12-6-5(4-10)15-9(11)8(14-3)7(6)13-2/h5-11H,4H2,1-3H3/t5-,6-,7+,8-,9-/m1/s1. The molecule has 0 radical (unpaired) electrons. The second kappa shape index (κ2) is 5.74. The van der Waals surface area contributed by atoms with Crippen LogP contribution < -0.4 is 0 Å². The number of aliphatic hydroxyl groups excluding tert-OH is 2. The summed E-state index contributed by atoms with van der Waals surface area (Å²) in [5.74, 6) is 0. The van der Waals surface area contributed by atoms with Crippen LogP contribution in [0.4, 0.5) is 0 Å². The van der Waals surface area contributed by atoms with Gasteiger partial charge in [0, 0.05) is 21.3 Å². The first-order chi connectivity index (χ1) is 7.19. The van der Waals surface area contributed by atoms with Gasteiger partial charge in [0.25, 0.3) is 0 Å². The van der Waals surface area contributed by atoms with Crippen LogP contribution in [0.3, 0.4) is 0 Å². The van der Waals surface area contributed by atoms with Gasteiger partial charge >= 0.3 is 0 Å². The van der Waals surface area contributed by atoms with Gasteiger partial charge in [-0.05, 0) is 0 Å². The number of ether oxygens (including phenoxy) is 4. The van der Waals surface area contributed by atoms with Crippen LogP contribution in [0.25, 0.3) is 0 Å². The molecule has 1 aliphatic rings. The van der Waals surface area contributed by atoms with Gasteiger partial charge < -0.3 is 29.2 Å². The zero-order valence-electron chi connectivity index (χ0n) is 9.12. The van der Waals surface area contributed by atoms with Crippen LogP contribution in [0.15, 0.2) is 0 Å². The summed E-state index contributed by atoms with van der Waals surface area (Å²) < 4.78 is 20.6. The Hall–Kier alpha value is -0.240. The monoisotopic (exact) mass is 222 g/mol. The van der Waals surface area contributed by atoms with E-state index in [4.69, 9.17) is 24.1 Å². The van der Waals surface area contributed by atoms with E-state index in [9.17, 15) is 5.11 Å². The van der Waals surface area contributed by atoms with E-state index in [0.29, 0.717) is 0 Å². The van der Waals surface area contributed by atoms with Crippen LogP contribution in [0, 0.1) is 0 Å². The van der Waals surface area contributed by atoms with Gasteiger partial charge in [-0.2, -0.15) is 0 Å². The molecular weight excluding hydrogens is 204 g/mol. The molecule has 1 rings (SSSR count). The minimum Gasteiger partial charge on any atom is -0.394 e. The second-order valence-electron chi connectivity index (χ2n) is 3.35. The van der Waals surface area contributed by atoms with Crippen LogP contribution in [0.5, 0.6) is 0 Å². The molecule has 0 aromatic rings. The molecule has 90 valence electrons. The fraction of sp³-hybridized carbons (Fsp3) is 1.00. The molecule has 1 heterocycles. The zero-order valence-corrected chi connectivity index (χ0v) is 9.12. The summed E-state index contributed by atoms with van der Waals surface area (Å²) in [4.78, 5) is 0. The molecule has 0 bridgehead atoms. The maximum absolute atomic E-state index is 9.59. The summed E-state index contributed by atoms with van der Waals surface area (Å²) in [5, 5.41) is 18.7. The van der Waals surface area contributed by atoms with Crippen molar-refractivity contribution in [3.05, 3.63) is 0 Å². The largest absolute Gasteiger partial charge is 0.394 e. The van der Waals surface area contributed by atoms with Gasteiger partial charge in [-0.25, -0.2) is 0 Å². The molecule has 1 fully saturated rings. The lowest BCUT2D eigenvalue weighted by atomic mass is 9.99. The van der Waals surface area contributed by atoms with Crippen molar-refractivity contribution in [2.45, 2.75) is 30.7 Å². The number of rotatable bonds is 4. The van der Waals surface area contributed by atoms with Crippen molar-refractivity contribution in [3.63, 3.8) is 0 Å². The van der Waals surface area contributed by atoms with E-state index in [1.807, 2.05) is 0 Å². The lowest BCUT2D eigenvalue weighted by molar-refractivity contribution is -0.299. The number of aliphatic hydroxyl groups is 2. The summed E-state index contributed by atoms with van der Waals surface area (Å²) in [6.45, 7) is -0.244. The molecule has 0 amide bonds. The third-order valence-corrected chi connectivity index (χ3v) is 2.61. The van der Waals surface area contributed by atoms with Crippen molar-refractivity contribution in [2.24, 2.45) is 0 Å². The SMILES string of the molecule is CO[C@@H]1[C@@H](OC)[C@H](O)O[C@H](CO)[C@H]1OC. The number of hydrogen-bond donors (Lipinski definition) is 2.